The second-order valence-corrected chi connectivity index (χ2v) is 7.01. The molecular formula is C13H25N3O3S. The number of sulfonamides is 1. The van der Waals surface area contributed by atoms with Crippen LogP contribution in [0.1, 0.15) is 38.1 Å². The van der Waals surface area contributed by atoms with E-state index in [4.69, 9.17) is 5.11 Å². The molecule has 0 aromatic carbocycles. The highest BCUT2D eigenvalue weighted by molar-refractivity contribution is 7.89. The van der Waals surface area contributed by atoms with Crippen molar-refractivity contribution in [3.63, 3.8) is 0 Å². The number of aryl methyl sites for hydroxylation is 2. The summed E-state index contributed by atoms with van der Waals surface area (Å²) in [6, 6.07) is -0.0559. The molecule has 1 aromatic heterocycles. The van der Waals surface area contributed by atoms with Gasteiger partial charge in [0.1, 0.15) is 4.90 Å². The first kappa shape index (κ1) is 17.1. The van der Waals surface area contributed by atoms with Crippen molar-refractivity contribution in [1.82, 2.24) is 14.1 Å². The van der Waals surface area contributed by atoms with Crippen LogP contribution in [0.3, 0.4) is 0 Å². The molecule has 0 aliphatic heterocycles. The summed E-state index contributed by atoms with van der Waals surface area (Å²) in [6.07, 6.45) is 1.31. The van der Waals surface area contributed by atoms with E-state index in [9.17, 15) is 8.42 Å². The molecule has 0 aliphatic rings. The lowest BCUT2D eigenvalue weighted by Crippen LogP contribution is -2.35. The summed E-state index contributed by atoms with van der Waals surface area (Å²) < 4.78 is 28.4. The lowest BCUT2D eigenvalue weighted by atomic mass is 10.3. The van der Waals surface area contributed by atoms with Crippen molar-refractivity contribution >= 4 is 10.0 Å². The molecule has 1 rings (SSSR count). The SMILES string of the molecule is CCC(C)N(C)S(=O)(=O)c1c(C)nn(CCCO)c1C. The minimum absolute atomic E-state index is 0.0559. The Morgan fingerprint density at radius 3 is 2.50 bits per heavy atom. The second kappa shape index (κ2) is 6.69. The van der Waals surface area contributed by atoms with Gasteiger partial charge in [-0.1, -0.05) is 6.92 Å². The third kappa shape index (κ3) is 3.21. The van der Waals surface area contributed by atoms with E-state index in [0.29, 0.717) is 29.2 Å². The molecule has 0 saturated heterocycles. The molecule has 6 nitrogen and oxygen atoms in total. The quantitative estimate of drug-likeness (QED) is 0.824. The van der Waals surface area contributed by atoms with Crippen LogP contribution in [-0.4, -0.2) is 47.3 Å². The molecular weight excluding hydrogens is 278 g/mol. The van der Waals surface area contributed by atoms with Gasteiger partial charge in [-0.2, -0.15) is 9.40 Å². The number of hydrogen-bond acceptors (Lipinski definition) is 4. The van der Waals surface area contributed by atoms with Gasteiger partial charge in [0, 0.05) is 26.2 Å². The summed E-state index contributed by atoms with van der Waals surface area (Å²) in [5, 5.41) is 13.2. The molecule has 1 N–H and O–H groups in total. The van der Waals surface area contributed by atoms with E-state index in [1.165, 1.54) is 4.31 Å². The van der Waals surface area contributed by atoms with Gasteiger partial charge in [-0.05, 0) is 33.6 Å². The van der Waals surface area contributed by atoms with Crippen molar-refractivity contribution < 1.29 is 13.5 Å². The van der Waals surface area contributed by atoms with Crippen LogP contribution < -0.4 is 0 Å². The van der Waals surface area contributed by atoms with Gasteiger partial charge in [0.2, 0.25) is 10.0 Å². The largest absolute Gasteiger partial charge is 0.396 e. The molecule has 0 bridgehead atoms. The molecule has 7 heteroatoms. The summed E-state index contributed by atoms with van der Waals surface area (Å²) in [5.74, 6) is 0. The van der Waals surface area contributed by atoms with E-state index in [-0.39, 0.29) is 12.6 Å². The lowest BCUT2D eigenvalue weighted by molar-refractivity contribution is 0.276. The Morgan fingerprint density at radius 2 is 2.00 bits per heavy atom. The Kier molecular flexibility index (Phi) is 5.73. The summed E-state index contributed by atoms with van der Waals surface area (Å²) in [7, 11) is -1.92. The maximum Gasteiger partial charge on any atom is 0.246 e. The summed E-state index contributed by atoms with van der Waals surface area (Å²) in [4.78, 5) is 0.290. The number of hydrogen-bond donors (Lipinski definition) is 1. The van der Waals surface area contributed by atoms with E-state index in [1.54, 1.807) is 25.6 Å². The second-order valence-electron chi connectivity index (χ2n) is 5.08. The third-order valence-electron chi connectivity index (χ3n) is 3.69. The highest BCUT2D eigenvalue weighted by Gasteiger charge is 2.30. The van der Waals surface area contributed by atoms with E-state index in [0.717, 1.165) is 6.42 Å². The minimum atomic E-state index is -3.53. The predicted octanol–water partition coefficient (Wildman–Crippen LogP) is 1.30. The zero-order chi connectivity index (χ0) is 15.5. The molecule has 0 saturated carbocycles. The van der Waals surface area contributed by atoms with Crippen LogP contribution >= 0.6 is 0 Å². The van der Waals surface area contributed by atoms with Crippen LogP contribution in [0.4, 0.5) is 0 Å². The molecule has 1 aromatic rings. The molecule has 20 heavy (non-hydrogen) atoms. The Hall–Kier alpha value is -0.920. The number of nitrogens with zero attached hydrogens (tertiary/aromatic N) is 3. The molecule has 1 heterocycles. The van der Waals surface area contributed by atoms with Crippen molar-refractivity contribution in [3.05, 3.63) is 11.4 Å². The Balaban J connectivity index is 3.22. The number of rotatable bonds is 7. The maximum absolute atomic E-state index is 12.7. The summed E-state index contributed by atoms with van der Waals surface area (Å²) >= 11 is 0. The van der Waals surface area contributed by atoms with Gasteiger partial charge < -0.3 is 5.11 Å². The third-order valence-corrected chi connectivity index (χ3v) is 5.92. The Bertz CT molecular complexity index is 551. The first-order valence-electron chi connectivity index (χ1n) is 6.90. The van der Waals surface area contributed by atoms with Crippen LogP contribution in [-0.2, 0) is 16.6 Å². The zero-order valence-electron chi connectivity index (χ0n) is 12.9. The van der Waals surface area contributed by atoms with Crippen molar-refractivity contribution in [2.45, 2.75) is 58.0 Å². The normalized spacial score (nSPS) is 13.9. The average molecular weight is 303 g/mol. The van der Waals surface area contributed by atoms with E-state index in [1.807, 2.05) is 13.8 Å². The average Bonchev–Trinajstić information content (AvgIpc) is 2.69. The fourth-order valence-corrected chi connectivity index (χ4v) is 3.93. The monoisotopic (exact) mass is 303 g/mol. The van der Waals surface area contributed by atoms with Gasteiger partial charge in [-0.3, -0.25) is 4.68 Å². The zero-order valence-corrected chi connectivity index (χ0v) is 13.7. The summed E-state index contributed by atoms with van der Waals surface area (Å²) in [6.45, 7) is 7.90. The first-order chi connectivity index (χ1) is 9.27. The number of aliphatic hydroxyl groups is 1. The highest BCUT2D eigenvalue weighted by atomic mass is 32.2. The van der Waals surface area contributed by atoms with Crippen LogP contribution in [0, 0.1) is 13.8 Å². The van der Waals surface area contributed by atoms with Crippen molar-refractivity contribution in [1.29, 1.82) is 0 Å². The topological polar surface area (TPSA) is 75.4 Å². The smallest absolute Gasteiger partial charge is 0.246 e. The van der Waals surface area contributed by atoms with E-state index < -0.39 is 10.0 Å². The van der Waals surface area contributed by atoms with E-state index >= 15 is 0 Å². The molecule has 0 radical (unpaired) electrons. The van der Waals surface area contributed by atoms with Gasteiger partial charge in [0.05, 0.1) is 11.4 Å². The lowest BCUT2D eigenvalue weighted by Gasteiger charge is -2.23. The van der Waals surface area contributed by atoms with Gasteiger partial charge >= 0.3 is 0 Å². The molecule has 0 fully saturated rings. The molecule has 0 amide bonds. The maximum atomic E-state index is 12.7. The van der Waals surface area contributed by atoms with Gasteiger partial charge in [-0.25, -0.2) is 8.42 Å². The van der Waals surface area contributed by atoms with Crippen molar-refractivity contribution in [2.75, 3.05) is 13.7 Å². The molecule has 1 atom stereocenters. The fraction of sp³-hybridized carbons (Fsp3) is 0.769. The minimum Gasteiger partial charge on any atom is -0.396 e. The Morgan fingerprint density at radius 1 is 1.40 bits per heavy atom. The molecule has 0 spiro atoms. The van der Waals surface area contributed by atoms with Gasteiger partial charge in [-0.15, -0.1) is 0 Å². The van der Waals surface area contributed by atoms with Crippen LogP contribution in [0.25, 0.3) is 0 Å². The predicted molar refractivity (Wildman–Crippen MR) is 78.1 cm³/mol. The Labute approximate surface area is 121 Å². The molecule has 116 valence electrons. The van der Waals surface area contributed by atoms with Crippen LogP contribution in [0.2, 0.25) is 0 Å². The highest BCUT2D eigenvalue weighted by Crippen LogP contribution is 2.24. The first-order valence-corrected chi connectivity index (χ1v) is 8.34. The van der Waals surface area contributed by atoms with Crippen LogP contribution in [0.5, 0.6) is 0 Å². The molecule has 1 unspecified atom stereocenters. The summed E-state index contributed by atoms with van der Waals surface area (Å²) in [5.41, 5.74) is 1.14. The standard InChI is InChI=1S/C13H25N3O3S/c1-6-10(2)15(5)20(18,19)13-11(3)14-16(12(13)4)8-7-9-17/h10,17H,6-9H2,1-5H3. The van der Waals surface area contributed by atoms with Crippen LogP contribution in [0.15, 0.2) is 4.90 Å². The van der Waals surface area contributed by atoms with Gasteiger partial charge in [0.25, 0.3) is 0 Å². The van der Waals surface area contributed by atoms with Crippen molar-refractivity contribution in [2.24, 2.45) is 0 Å². The molecule has 0 aliphatic carbocycles. The van der Waals surface area contributed by atoms with Crippen molar-refractivity contribution in [3.8, 4) is 0 Å². The number of aliphatic hydroxyl groups excluding tert-OH is 1. The number of aromatic nitrogens is 2. The fourth-order valence-electron chi connectivity index (χ4n) is 2.13. The van der Waals surface area contributed by atoms with E-state index in [2.05, 4.69) is 5.10 Å². The van der Waals surface area contributed by atoms with Gasteiger partial charge in [0.15, 0.2) is 0 Å².